The zero-order chi connectivity index (χ0) is 20.9. The molecule has 1 amide bonds. The molecule has 9 heteroatoms. The van der Waals surface area contributed by atoms with Crippen molar-refractivity contribution in [1.29, 1.82) is 0 Å². The summed E-state index contributed by atoms with van der Waals surface area (Å²) >= 11 is 0. The molecule has 1 aromatic heterocycles. The Bertz CT molecular complexity index is 907. The number of hydrogen-bond donors (Lipinski definition) is 0. The highest BCUT2D eigenvalue weighted by Gasteiger charge is 2.28. The van der Waals surface area contributed by atoms with Gasteiger partial charge >= 0.3 is 6.09 Å². The van der Waals surface area contributed by atoms with Crippen molar-refractivity contribution >= 4 is 22.7 Å². The van der Waals surface area contributed by atoms with Crippen LogP contribution < -0.4 is 4.74 Å². The zero-order valence-corrected chi connectivity index (χ0v) is 16.9. The Balaban J connectivity index is 1.29. The summed E-state index contributed by atoms with van der Waals surface area (Å²) in [4.78, 5) is 31.6. The standard InChI is InChI=1S/C21H26N4O5/c26-21(24-13-8-16(9-14-24)23-11-2-1-3-12-23)30-15-29-19-7-6-18(25(27)28)17-5-4-10-22-20(17)19/h4-7,10,16H,1-3,8-9,11-15H2. The first kappa shape index (κ1) is 20.3. The van der Waals surface area contributed by atoms with Crippen LogP contribution in [0, 0.1) is 10.1 Å². The maximum Gasteiger partial charge on any atom is 0.412 e. The van der Waals surface area contributed by atoms with Gasteiger partial charge in [-0.2, -0.15) is 0 Å². The fourth-order valence-corrected chi connectivity index (χ4v) is 4.34. The normalized spacial score (nSPS) is 18.3. The average Bonchev–Trinajstić information content (AvgIpc) is 2.79. The van der Waals surface area contributed by atoms with Gasteiger partial charge < -0.3 is 19.3 Å². The van der Waals surface area contributed by atoms with Gasteiger partial charge in [0.05, 0.1) is 10.3 Å². The smallest absolute Gasteiger partial charge is 0.412 e. The molecule has 2 aliphatic heterocycles. The highest BCUT2D eigenvalue weighted by molar-refractivity contribution is 5.92. The van der Waals surface area contributed by atoms with E-state index < -0.39 is 11.0 Å². The molecule has 0 aliphatic carbocycles. The number of amides is 1. The predicted molar refractivity (Wildman–Crippen MR) is 110 cm³/mol. The van der Waals surface area contributed by atoms with Crippen LogP contribution in [0.3, 0.4) is 0 Å². The predicted octanol–water partition coefficient (Wildman–Crippen LogP) is 3.57. The second-order valence-corrected chi connectivity index (χ2v) is 7.73. The molecule has 2 saturated heterocycles. The van der Waals surface area contributed by atoms with Crippen molar-refractivity contribution < 1.29 is 19.2 Å². The van der Waals surface area contributed by atoms with Gasteiger partial charge in [-0.25, -0.2) is 4.79 Å². The van der Waals surface area contributed by atoms with Crippen LogP contribution in [0.1, 0.15) is 32.1 Å². The van der Waals surface area contributed by atoms with Crippen molar-refractivity contribution in [2.24, 2.45) is 0 Å². The number of aromatic nitrogens is 1. The van der Waals surface area contributed by atoms with Gasteiger partial charge in [-0.05, 0) is 57.0 Å². The molecule has 0 radical (unpaired) electrons. The molecule has 2 aromatic rings. The number of likely N-dealkylation sites (tertiary alicyclic amines) is 2. The number of carbonyl (C=O) groups excluding carboxylic acids is 1. The van der Waals surface area contributed by atoms with Gasteiger partial charge in [0.15, 0.2) is 0 Å². The van der Waals surface area contributed by atoms with E-state index in [1.54, 1.807) is 17.0 Å². The highest BCUT2D eigenvalue weighted by Crippen LogP contribution is 2.31. The largest absolute Gasteiger partial charge is 0.455 e. The molecule has 2 fully saturated rings. The molecule has 3 heterocycles. The van der Waals surface area contributed by atoms with E-state index in [1.807, 2.05) is 0 Å². The van der Waals surface area contributed by atoms with E-state index >= 15 is 0 Å². The van der Waals surface area contributed by atoms with Gasteiger partial charge in [-0.1, -0.05) is 6.42 Å². The third-order valence-corrected chi connectivity index (χ3v) is 5.93. The van der Waals surface area contributed by atoms with E-state index in [2.05, 4.69) is 9.88 Å². The van der Waals surface area contributed by atoms with Gasteiger partial charge in [-0.3, -0.25) is 15.1 Å². The quantitative estimate of drug-likeness (QED) is 0.419. The molecular weight excluding hydrogens is 388 g/mol. The first-order valence-corrected chi connectivity index (χ1v) is 10.4. The second-order valence-electron chi connectivity index (χ2n) is 7.73. The maximum atomic E-state index is 12.4. The lowest BCUT2D eigenvalue weighted by Crippen LogP contribution is -2.48. The molecule has 30 heavy (non-hydrogen) atoms. The topological polar surface area (TPSA) is 98.0 Å². The fourth-order valence-electron chi connectivity index (χ4n) is 4.34. The van der Waals surface area contributed by atoms with Gasteiger partial charge in [-0.15, -0.1) is 0 Å². The minimum atomic E-state index is -0.457. The summed E-state index contributed by atoms with van der Waals surface area (Å²) in [6.45, 7) is 3.43. The summed E-state index contributed by atoms with van der Waals surface area (Å²) in [5.41, 5.74) is 0.323. The number of rotatable bonds is 5. The molecule has 9 nitrogen and oxygen atoms in total. The van der Waals surface area contributed by atoms with Gasteiger partial charge in [0.2, 0.25) is 6.79 Å². The SMILES string of the molecule is O=C(OCOc1ccc([N+](=O)[O-])c2cccnc12)N1CCC(N2CCCCC2)CC1. The van der Waals surface area contributed by atoms with Crippen molar-refractivity contribution in [3.8, 4) is 5.75 Å². The number of hydrogen-bond acceptors (Lipinski definition) is 7. The van der Waals surface area contributed by atoms with E-state index in [1.165, 1.54) is 50.7 Å². The molecule has 160 valence electrons. The lowest BCUT2D eigenvalue weighted by molar-refractivity contribution is -0.383. The number of nitro benzene ring substituents is 1. The first-order valence-electron chi connectivity index (χ1n) is 10.4. The number of benzene rings is 1. The molecule has 0 saturated carbocycles. The van der Waals surface area contributed by atoms with Crippen LogP contribution in [0.4, 0.5) is 10.5 Å². The Morgan fingerprint density at radius 2 is 1.90 bits per heavy atom. The maximum absolute atomic E-state index is 12.4. The molecule has 0 N–H and O–H groups in total. The van der Waals surface area contributed by atoms with E-state index in [0.29, 0.717) is 35.8 Å². The number of carbonyl (C=O) groups is 1. The van der Waals surface area contributed by atoms with E-state index in [9.17, 15) is 14.9 Å². The number of nitro groups is 1. The van der Waals surface area contributed by atoms with E-state index in [0.717, 1.165) is 12.8 Å². The molecule has 4 rings (SSSR count). The van der Waals surface area contributed by atoms with E-state index in [-0.39, 0.29) is 12.5 Å². The summed E-state index contributed by atoms with van der Waals surface area (Å²) in [6.07, 6.45) is 6.93. The van der Waals surface area contributed by atoms with Crippen LogP contribution in [-0.4, -0.2) is 64.8 Å². The third kappa shape index (κ3) is 4.46. The minimum absolute atomic E-state index is 0.0426. The van der Waals surface area contributed by atoms with Crippen molar-refractivity contribution in [2.45, 2.75) is 38.1 Å². The summed E-state index contributed by atoms with van der Waals surface area (Å²) in [7, 11) is 0. The van der Waals surface area contributed by atoms with Gasteiger partial charge in [0.25, 0.3) is 5.69 Å². The lowest BCUT2D eigenvalue weighted by atomic mass is 10.0. The van der Waals surface area contributed by atoms with Crippen LogP contribution in [0.5, 0.6) is 5.75 Å². The molecule has 0 spiro atoms. The third-order valence-electron chi connectivity index (χ3n) is 5.93. The summed E-state index contributed by atoms with van der Waals surface area (Å²) in [5.74, 6) is 0.341. The van der Waals surface area contributed by atoms with Gasteiger partial charge in [0, 0.05) is 31.4 Å². The Hall–Kier alpha value is -2.94. The number of non-ortho nitro benzene ring substituents is 1. The summed E-state index contributed by atoms with van der Waals surface area (Å²) in [6, 6.07) is 6.65. The molecule has 0 unspecified atom stereocenters. The summed E-state index contributed by atoms with van der Waals surface area (Å²) < 4.78 is 10.9. The zero-order valence-electron chi connectivity index (χ0n) is 16.9. The van der Waals surface area contributed by atoms with Crippen LogP contribution in [0.15, 0.2) is 30.5 Å². The van der Waals surface area contributed by atoms with Crippen molar-refractivity contribution in [2.75, 3.05) is 33.0 Å². The molecule has 0 bridgehead atoms. The fraction of sp³-hybridized carbons (Fsp3) is 0.524. The number of nitrogens with zero attached hydrogens (tertiary/aromatic N) is 4. The average molecular weight is 414 g/mol. The van der Waals surface area contributed by atoms with Crippen LogP contribution in [-0.2, 0) is 4.74 Å². The van der Waals surface area contributed by atoms with Crippen LogP contribution in [0.2, 0.25) is 0 Å². The number of ether oxygens (including phenoxy) is 2. The Labute approximate surface area is 174 Å². The van der Waals surface area contributed by atoms with Crippen molar-refractivity contribution in [3.05, 3.63) is 40.6 Å². The number of fused-ring (bicyclic) bond motifs is 1. The Kier molecular flexibility index (Phi) is 6.27. The van der Waals surface area contributed by atoms with Crippen LogP contribution >= 0.6 is 0 Å². The number of piperidine rings is 2. The second kappa shape index (κ2) is 9.25. The monoisotopic (exact) mass is 414 g/mol. The van der Waals surface area contributed by atoms with Crippen molar-refractivity contribution in [3.63, 3.8) is 0 Å². The Morgan fingerprint density at radius 3 is 2.63 bits per heavy atom. The van der Waals surface area contributed by atoms with Gasteiger partial charge in [0.1, 0.15) is 11.3 Å². The molecule has 1 aromatic carbocycles. The Morgan fingerprint density at radius 1 is 1.13 bits per heavy atom. The summed E-state index contributed by atoms with van der Waals surface area (Å²) in [5, 5.41) is 11.6. The van der Waals surface area contributed by atoms with Crippen LogP contribution in [0.25, 0.3) is 10.9 Å². The first-order chi connectivity index (χ1) is 14.6. The minimum Gasteiger partial charge on any atom is -0.455 e. The molecular formula is C21H26N4O5. The molecule has 0 atom stereocenters. The van der Waals surface area contributed by atoms with E-state index in [4.69, 9.17) is 9.47 Å². The lowest BCUT2D eigenvalue weighted by Gasteiger charge is -2.39. The van der Waals surface area contributed by atoms with Crippen molar-refractivity contribution in [1.82, 2.24) is 14.8 Å². The number of pyridine rings is 1. The molecule has 2 aliphatic rings. The highest BCUT2D eigenvalue weighted by atomic mass is 16.7.